The molecule has 178 valence electrons. The van der Waals surface area contributed by atoms with Gasteiger partial charge in [0.05, 0.1) is 10.6 Å². The van der Waals surface area contributed by atoms with Gasteiger partial charge in [0.2, 0.25) is 15.9 Å². The predicted octanol–water partition coefficient (Wildman–Crippen LogP) is 4.15. The third-order valence-electron chi connectivity index (χ3n) is 5.75. The van der Waals surface area contributed by atoms with Gasteiger partial charge in [-0.15, -0.1) is 0 Å². The first-order chi connectivity index (χ1) is 17.0. The molecule has 0 spiro atoms. The summed E-state index contributed by atoms with van der Waals surface area (Å²) in [5.74, 6) is 1.00. The number of aryl methyl sites for hydroxylation is 1. The van der Waals surface area contributed by atoms with Crippen molar-refractivity contribution in [3.8, 4) is 22.8 Å². The normalized spacial score (nSPS) is 13.5. The lowest BCUT2D eigenvalue weighted by Crippen LogP contribution is -2.25. The summed E-state index contributed by atoms with van der Waals surface area (Å²) in [6.07, 6.45) is 2.53. The Balaban J connectivity index is 1.22. The lowest BCUT2D eigenvalue weighted by Gasteiger charge is -2.10. The van der Waals surface area contributed by atoms with E-state index in [-0.39, 0.29) is 23.3 Å². The Hall–Kier alpha value is -3.82. The maximum absolute atomic E-state index is 12.7. The number of para-hydroxylation sites is 1. The fourth-order valence-corrected chi connectivity index (χ4v) is 5.00. The van der Waals surface area contributed by atoms with Crippen LogP contribution in [-0.2, 0) is 21.2 Å². The third kappa shape index (κ3) is 5.64. The molecule has 0 aliphatic heterocycles. The van der Waals surface area contributed by atoms with Crippen molar-refractivity contribution in [3.63, 3.8) is 0 Å². The molecule has 1 fully saturated rings. The number of aromatic amines is 1. The Bertz CT molecular complexity index is 1430. The van der Waals surface area contributed by atoms with E-state index in [1.807, 2.05) is 54.6 Å². The molecule has 9 heteroatoms. The molecular formula is C26H25N5O3S. The van der Waals surface area contributed by atoms with Gasteiger partial charge in [0.1, 0.15) is 0 Å². The van der Waals surface area contributed by atoms with Gasteiger partial charge in [0.15, 0.2) is 11.6 Å². The highest BCUT2D eigenvalue weighted by Crippen LogP contribution is 2.27. The summed E-state index contributed by atoms with van der Waals surface area (Å²) in [7, 11) is -3.48. The van der Waals surface area contributed by atoms with Gasteiger partial charge in [-0.3, -0.25) is 9.89 Å². The van der Waals surface area contributed by atoms with E-state index in [9.17, 15) is 13.2 Å². The monoisotopic (exact) mass is 487 g/mol. The molecule has 1 saturated carbocycles. The van der Waals surface area contributed by atoms with E-state index >= 15 is 0 Å². The van der Waals surface area contributed by atoms with E-state index in [0.29, 0.717) is 23.8 Å². The summed E-state index contributed by atoms with van der Waals surface area (Å²) < 4.78 is 27.3. The third-order valence-corrected chi connectivity index (χ3v) is 7.28. The number of nitrogens with one attached hydrogen (secondary N) is 3. The van der Waals surface area contributed by atoms with Crippen LogP contribution in [-0.4, -0.2) is 35.5 Å². The van der Waals surface area contributed by atoms with E-state index in [4.69, 9.17) is 0 Å². The predicted molar refractivity (Wildman–Crippen MR) is 134 cm³/mol. The van der Waals surface area contributed by atoms with Crippen LogP contribution in [0.5, 0.6) is 0 Å². The molecule has 4 aromatic rings. The molecule has 1 aliphatic rings. The molecule has 1 aromatic heterocycles. The van der Waals surface area contributed by atoms with Gasteiger partial charge in [-0.1, -0.05) is 54.6 Å². The van der Waals surface area contributed by atoms with Crippen LogP contribution in [0, 0.1) is 0 Å². The number of H-pyrrole nitrogens is 1. The zero-order valence-corrected chi connectivity index (χ0v) is 19.8. The van der Waals surface area contributed by atoms with Crippen LogP contribution in [0.25, 0.3) is 22.8 Å². The molecule has 0 unspecified atom stereocenters. The standard InChI is InChI=1S/C26H25N5O3S/c32-24(17-12-18-10-15-21(16-11-18)35(33,34)31-20-13-14-20)27-23-9-5-4-8-22(23)26-28-25(29-30-26)19-6-2-1-3-7-19/h1-11,15-16,20,31H,12-14,17H2,(H,27,32)(H,28,29,30). The SMILES string of the molecule is O=C(CCc1ccc(S(=O)(=O)NC2CC2)cc1)Nc1ccccc1-c1nc(-c2ccccc2)n[nH]1. The molecule has 1 heterocycles. The summed E-state index contributed by atoms with van der Waals surface area (Å²) in [5, 5.41) is 10.2. The van der Waals surface area contributed by atoms with E-state index in [1.54, 1.807) is 24.3 Å². The van der Waals surface area contributed by atoms with E-state index in [0.717, 1.165) is 29.5 Å². The number of sulfonamides is 1. The molecule has 3 aromatic carbocycles. The van der Waals surface area contributed by atoms with Gasteiger partial charge in [-0.25, -0.2) is 18.1 Å². The Labute approximate surface area is 203 Å². The van der Waals surface area contributed by atoms with Gasteiger partial charge in [0, 0.05) is 23.6 Å². The number of aromatic nitrogens is 3. The quantitative estimate of drug-likeness (QED) is 0.328. The largest absolute Gasteiger partial charge is 0.325 e. The summed E-state index contributed by atoms with van der Waals surface area (Å²) in [4.78, 5) is 17.5. The van der Waals surface area contributed by atoms with Crippen molar-refractivity contribution in [1.82, 2.24) is 19.9 Å². The highest BCUT2D eigenvalue weighted by Gasteiger charge is 2.27. The molecule has 0 radical (unpaired) electrons. The van der Waals surface area contributed by atoms with Crippen molar-refractivity contribution in [3.05, 3.63) is 84.4 Å². The molecule has 35 heavy (non-hydrogen) atoms. The Morgan fingerprint density at radius 1 is 0.943 bits per heavy atom. The van der Waals surface area contributed by atoms with Crippen molar-refractivity contribution in [2.24, 2.45) is 0 Å². The molecule has 0 atom stereocenters. The maximum atomic E-state index is 12.7. The van der Waals surface area contributed by atoms with Crippen molar-refractivity contribution in [1.29, 1.82) is 0 Å². The van der Waals surface area contributed by atoms with E-state index in [1.165, 1.54) is 0 Å². The van der Waals surface area contributed by atoms with Gasteiger partial charge in [-0.05, 0) is 49.1 Å². The van der Waals surface area contributed by atoms with Gasteiger partial charge in [-0.2, -0.15) is 5.10 Å². The zero-order valence-electron chi connectivity index (χ0n) is 18.9. The number of carbonyl (C=O) groups excluding carboxylic acids is 1. The summed E-state index contributed by atoms with van der Waals surface area (Å²) in [5.41, 5.74) is 3.18. The number of anilines is 1. The second kappa shape index (κ2) is 9.81. The van der Waals surface area contributed by atoms with Crippen molar-refractivity contribution in [2.75, 3.05) is 5.32 Å². The Morgan fingerprint density at radius 3 is 2.40 bits per heavy atom. The Morgan fingerprint density at radius 2 is 1.66 bits per heavy atom. The van der Waals surface area contributed by atoms with Gasteiger partial charge < -0.3 is 5.32 Å². The highest BCUT2D eigenvalue weighted by atomic mass is 32.2. The summed E-state index contributed by atoms with van der Waals surface area (Å²) >= 11 is 0. The fourth-order valence-electron chi connectivity index (χ4n) is 3.69. The first-order valence-electron chi connectivity index (χ1n) is 11.5. The van der Waals surface area contributed by atoms with Crippen LogP contribution >= 0.6 is 0 Å². The summed E-state index contributed by atoms with van der Waals surface area (Å²) in [6.45, 7) is 0. The van der Waals surface area contributed by atoms with Crippen LogP contribution in [0.4, 0.5) is 5.69 Å². The highest BCUT2D eigenvalue weighted by molar-refractivity contribution is 7.89. The van der Waals surface area contributed by atoms with Crippen LogP contribution in [0.2, 0.25) is 0 Å². The number of hydrogen-bond donors (Lipinski definition) is 3. The zero-order chi connectivity index (χ0) is 24.3. The van der Waals surface area contributed by atoms with Crippen LogP contribution in [0.3, 0.4) is 0 Å². The molecule has 1 aliphatic carbocycles. The average molecular weight is 488 g/mol. The minimum Gasteiger partial charge on any atom is -0.325 e. The number of nitrogens with zero attached hydrogens (tertiary/aromatic N) is 2. The maximum Gasteiger partial charge on any atom is 0.240 e. The van der Waals surface area contributed by atoms with Gasteiger partial charge >= 0.3 is 0 Å². The topological polar surface area (TPSA) is 117 Å². The van der Waals surface area contributed by atoms with Crippen molar-refractivity contribution < 1.29 is 13.2 Å². The van der Waals surface area contributed by atoms with Crippen LogP contribution in [0.15, 0.2) is 83.8 Å². The smallest absolute Gasteiger partial charge is 0.240 e. The second-order valence-corrected chi connectivity index (χ2v) is 10.2. The number of amides is 1. The minimum absolute atomic E-state index is 0.0631. The number of benzene rings is 3. The number of carbonyl (C=O) groups is 1. The lowest BCUT2D eigenvalue weighted by atomic mass is 10.1. The lowest BCUT2D eigenvalue weighted by molar-refractivity contribution is -0.116. The molecule has 3 N–H and O–H groups in total. The molecule has 0 bridgehead atoms. The number of hydrogen-bond acceptors (Lipinski definition) is 5. The van der Waals surface area contributed by atoms with Crippen molar-refractivity contribution in [2.45, 2.75) is 36.6 Å². The molecular weight excluding hydrogens is 462 g/mol. The van der Waals surface area contributed by atoms with Crippen molar-refractivity contribution >= 4 is 21.6 Å². The first-order valence-corrected chi connectivity index (χ1v) is 12.9. The van der Waals surface area contributed by atoms with E-state index < -0.39 is 10.0 Å². The van der Waals surface area contributed by atoms with E-state index in [2.05, 4.69) is 25.2 Å². The summed E-state index contributed by atoms with van der Waals surface area (Å²) in [6, 6.07) is 23.8. The fraction of sp³-hybridized carbons (Fsp3) is 0.192. The molecule has 8 nitrogen and oxygen atoms in total. The number of rotatable bonds is 9. The first kappa shape index (κ1) is 22.9. The van der Waals surface area contributed by atoms with Gasteiger partial charge in [0.25, 0.3) is 0 Å². The second-order valence-electron chi connectivity index (χ2n) is 8.51. The minimum atomic E-state index is -3.48. The van der Waals surface area contributed by atoms with Crippen LogP contribution < -0.4 is 10.0 Å². The molecule has 1 amide bonds. The van der Waals surface area contributed by atoms with Crippen LogP contribution in [0.1, 0.15) is 24.8 Å². The molecule has 0 saturated heterocycles. The molecule has 5 rings (SSSR count). The Kier molecular flexibility index (Phi) is 6.43. The average Bonchev–Trinajstić information content (AvgIpc) is 3.54.